The predicted octanol–water partition coefficient (Wildman–Crippen LogP) is 3.81. The zero-order valence-corrected chi connectivity index (χ0v) is 11.4. The lowest BCUT2D eigenvalue weighted by Crippen LogP contribution is -2.06. The topological polar surface area (TPSA) is 49.3 Å². The monoisotopic (exact) mass is 273 g/mol. The molecule has 0 fully saturated rings. The van der Waals surface area contributed by atoms with E-state index >= 15 is 0 Å². The minimum absolute atomic E-state index is 0.167. The van der Waals surface area contributed by atoms with Gasteiger partial charge in [0.05, 0.1) is 6.42 Å². The lowest BCUT2D eigenvalue weighted by atomic mass is 10.1. The summed E-state index contributed by atoms with van der Waals surface area (Å²) in [4.78, 5) is 10.8. The summed E-state index contributed by atoms with van der Waals surface area (Å²) in [6.07, 6.45) is -0.347. The third kappa shape index (κ3) is 3.15. The van der Waals surface area contributed by atoms with Gasteiger partial charge in [-0.05, 0) is 37.6 Å². The van der Waals surface area contributed by atoms with Crippen molar-refractivity contribution in [3.63, 3.8) is 0 Å². The van der Waals surface area contributed by atoms with Crippen molar-refractivity contribution in [1.29, 1.82) is 0 Å². The molecule has 0 heterocycles. The van der Waals surface area contributed by atoms with Crippen molar-refractivity contribution in [2.24, 2.45) is 0 Å². The average Bonchev–Trinajstić information content (AvgIpc) is 2.36. The van der Waals surface area contributed by atoms with Crippen LogP contribution in [-0.4, -0.2) is 11.1 Å². The first-order chi connectivity index (χ1) is 9.47. The molecular formula is C16H16FNO2. The van der Waals surface area contributed by atoms with E-state index in [1.807, 2.05) is 32.0 Å². The van der Waals surface area contributed by atoms with Gasteiger partial charge >= 0.3 is 5.97 Å². The third-order valence-corrected chi connectivity index (χ3v) is 3.10. The molecule has 3 nitrogen and oxygen atoms in total. The molecule has 0 aliphatic carbocycles. The number of anilines is 2. The second-order valence-corrected chi connectivity index (χ2v) is 4.78. The number of halogens is 1. The van der Waals surface area contributed by atoms with Gasteiger partial charge in [-0.2, -0.15) is 0 Å². The first kappa shape index (κ1) is 14.1. The molecule has 4 heteroatoms. The van der Waals surface area contributed by atoms with E-state index < -0.39 is 11.8 Å². The van der Waals surface area contributed by atoms with Gasteiger partial charge < -0.3 is 10.4 Å². The van der Waals surface area contributed by atoms with E-state index in [1.165, 1.54) is 6.07 Å². The zero-order valence-electron chi connectivity index (χ0n) is 11.4. The van der Waals surface area contributed by atoms with E-state index in [4.69, 9.17) is 5.11 Å². The number of nitrogens with one attached hydrogen (secondary N) is 1. The Morgan fingerprint density at radius 1 is 1.20 bits per heavy atom. The number of rotatable bonds is 4. The number of carbonyl (C=O) groups is 1. The molecule has 2 aromatic carbocycles. The van der Waals surface area contributed by atoms with Crippen LogP contribution in [0.1, 0.15) is 16.7 Å². The molecule has 0 aliphatic heterocycles. The smallest absolute Gasteiger partial charge is 0.308 e. The quantitative estimate of drug-likeness (QED) is 0.890. The molecule has 20 heavy (non-hydrogen) atoms. The molecule has 0 radical (unpaired) electrons. The van der Waals surface area contributed by atoms with Gasteiger partial charge in [0.1, 0.15) is 5.82 Å². The largest absolute Gasteiger partial charge is 0.481 e. The van der Waals surface area contributed by atoms with Gasteiger partial charge in [0, 0.05) is 16.9 Å². The van der Waals surface area contributed by atoms with E-state index in [9.17, 15) is 9.18 Å². The maximum Gasteiger partial charge on any atom is 0.308 e. The van der Waals surface area contributed by atoms with E-state index in [0.29, 0.717) is 5.69 Å². The number of carboxylic acids is 1. The summed E-state index contributed by atoms with van der Waals surface area (Å²) in [6.45, 7) is 3.94. The standard InChI is InChI=1S/C16H16FNO2/c1-10-6-7-14(11(2)8-10)18-15-5-3-4-13(17)12(15)9-16(19)20/h3-8,18H,9H2,1-2H3,(H,19,20). The molecule has 104 valence electrons. The molecule has 0 saturated carbocycles. The Morgan fingerprint density at radius 2 is 1.95 bits per heavy atom. The van der Waals surface area contributed by atoms with E-state index in [0.717, 1.165) is 16.8 Å². The highest BCUT2D eigenvalue weighted by atomic mass is 19.1. The number of carboxylic acid groups (broad SMARTS) is 1. The molecule has 0 saturated heterocycles. The molecule has 0 aromatic heterocycles. The molecule has 2 rings (SSSR count). The van der Waals surface area contributed by atoms with Crippen LogP contribution in [0.15, 0.2) is 36.4 Å². The van der Waals surface area contributed by atoms with Crippen LogP contribution in [0.2, 0.25) is 0 Å². The summed E-state index contributed by atoms with van der Waals surface area (Å²) in [5, 5.41) is 12.0. The fourth-order valence-electron chi connectivity index (χ4n) is 2.11. The Morgan fingerprint density at radius 3 is 2.60 bits per heavy atom. The first-order valence-corrected chi connectivity index (χ1v) is 6.31. The molecule has 0 spiro atoms. The van der Waals surface area contributed by atoms with E-state index in [1.54, 1.807) is 12.1 Å². The van der Waals surface area contributed by atoms with Gasteiger partial charge in [-0.3, -0.25) is 4.79 Å². The van der Waals surface area contributed by atoms with Crippen LogP contribution in [-0.2, 0) is 11.2 Å². The Balaban J connectivity index is 2.38. The van der Waals surface area contributed by atoms with Crippen LogP contribution in [0, 0.1) is 19.7 Å². The summed E-state index contributed by atoms with van der Waals surface area (Å²) in [5.74, 6) is -1.57. The lowest BCUT2D eigenvalue weighted by Gasteiger charge is -2.14. The van der Waals surface area contributed by atoms with Crippen LogP contribution in [0.4, 0.5) is 15.8 Å². The van der Waals surface area contributed by atoms with Crippen molar-refractivity contribution in [2.75, 3.05) is 5.32 Å². The summed E-state index contributed by atoms with van der Waals surface area (Å²) in [6, 6.07) is 10.4. The average molecular weight is 273 g/mol. The summed E-state index contributed by atoms with van der Waals surface area (Å²) in [5.41, 5.74) is 3.65. The van der Waals surface area contributed by atoms with Crippen LogP contribution in [0.3, 0.4) is 0 Å². The Kier molecular flexibility index (Phi) is 4.03. The van der Waals surface area contributed by atoms with Crippen LogP contribution < -0.4 is 5.32 Å². The Hall–Kier alpha value is -2.36. The molecule has 2 N–H and O–H groups in total. The van der Waals surface area contributed by atoms with Crippen molar-refractivity contribution < 1.29 is 14.3 Å². The van der Waals surface area contributed by atoms with Crippen molar-refractivity contribution in [1.82, 2.24) is 0 Å². The fourth-order valence-corrected chi connectivity index (χ4v) is 2.11. The highest BCUT2D eigenvalue weighted by Crippen LogP contribution is 2.26. The molecule has 2 aromatic rings. The van der Waals surface area contributed by atoms with Gasteiger partial charge in [-0.15, -0.1) is 0 Å². The number of aliphatic carboxylic acids is 1. The maximum atomic E-state index is 13.8. The van der Waals surface area contributed by atoms with E-state index in [-0.39, 0.29) is 12.0 Å². The normalized spacial score (nSPS) is 10.3. The highest BCUT2D eigenvalue weighted by molar-refractivity contribution is 5.75. The van der Waals surface area contributed by atoms with Gasteiger partial charge in [0.15, 0.2) is 0 Å². The van der Waals surface area contributed by atoms with Crippen molar-refractivity contribution in [3.05, 3.63) is 58.9 Å². The van der Waals surface area contributed by atoms with Crippen molar-refractivity contribution in [3.8, 4) is 0 Å². The Bertz CT molecular complexity index is 653. The van der Waals surface area contributed by atoms with Gasteiger partial charge in [0.25, 0.3) is 0 Å². The second-order valence-electron chi connectivity index (χ2n) is 4.78. The second kappa shape index (κ2) is 5.74. The van der Waals surface area contributed by atoms with Crippen LogP contribution in [0.5, 0.6) is 0 Å². The number of hydrogen-bond acceptors (Lipinski definition) is 2. The molecule has 0 atom stereocenters. The minimum atomic E-state index is -1.06. The summed E-state index contributed by atoms with van der Waals surface area (Å²) < 4.78 is 13.8. The molecule has 0 amide bonds. The van der Waals surface area contributed by atoms with E-state index in [2.05, 4.69) is 5.32 Å². The summed E-state index contributed by atoms with van der Waals surface area (Å²) in [7, 11) is 0. The van der Waals surface area contributed by atoms with Crippen molar-refractivity contribution in [2.45, 2.75) is 20.3 Å². The maximum absolute atomic E-state index is 13.8. The third-order valence-electron chi connectivity index (χ3n) is 3.10. The van der Waals surface area contributed by atoms with Gasteiger partial charge in [-0.1, -0.05) is 23.8 Å². The molecule has 0 unspecified atom stereocenters. The fraction of sp³-hybridized carbons (Fsp3) is 0.188. The predicted molar refractivity (Wildman–Crippen MR) is 76.9 cm³/mol. The zero-order chi connectivity index (χ0) is 14.7. The molecule has 0 aliphatic rings. The van der Waals surface area contributed by atoms with Crippen LogP contribution in [0.25, 0.3) is 0 Å². The molecular weight excluding hydrogens is 257 g/mol. The summed E-state index contributed by atoms with van der Waals surface area (Å²) >= 11 is 0. The number of hydrogen-bond donors (Lipinski definition) is 2. The van der Waals surface area contributed by atoms with Crippen molar-refractivity contribution >= 4 is 17.3 Å². The van der Waals surface area contributed by atoms with Gasteiger partial charge in [0.2, 0.25) is 0 Å². The lowest BCUT2D eigenvalue weighted by molar-refractivity contribution is -0.136. The number of benzene rings is 2. The number of aryl methyl sites for hydroxylation is 2. The van der Waals surface area contributed by atoms with Crippen LogP contribution >= 0.6 is 0 Å². The minimum Gasteiger partial charge on any atom is -0.481 e. The first-order valence-electron chi connectivity index (χ1n) is 6.31. The highest BCUT2D eigenvalue weighted by Gasteiger charge is 2.12. The van der Waals surface area contributed by atoms with Gasteiger partial charge in [-0.25, -0.2) is 4.39 Å². The SMILES string of the molecule is Cc1ccc(Nc2cccc(F)c2CC(=O)O)c(C)c1. The molecule has 0 bridgehead atoms. The Labute approximate surface area is 117 Å².